The molecule has 0 N–H and O–H groups in total. The molecule has 0 rings (SSSR count). The van der Waals surface area contributed by atoms with Crippen molar-refractivity contribution in [1.82, 2.24) is 0 Å². The van der Waals surface area contributed by atoms with Crippen LogP contribution in [0.5, 0.6) is 0 Å². The Morgan fingerprint density at radius 3 is 1.43 bits per heavy atom. The van der Waals surface area contributed by atoms with E-state index in [2.05, 4.69) is 15.6 Å². The number of halogens is 4. The zero-order chi connectivity index (χ0) is 6.08. The first-order valence-corrected chi connectivity index (χ1v) is 1.63. The van der Waals surface area contributed by atoms with Crippen molar-refractivity contribution in [1.29, 1.82) is 0 Å². The van der Waals surface area contributed by atoms with E-state index in [0.29, 0.717) is 0 Å². The second-order valence-electron chi connectivity index (χ2n) is 0.725. The summed E-state index contributed by atoms with van der Waals surface area (Å²) in [6.45, 7) is 0. The third-order valence-electron chi connectivity index (χ3n) is 0.193. The number of alkyl halides is 3. The summed E-state index contributed by atoms with van der Waals surface area (Å²) < 4.78 is 40.3. The van der Waals surface area contributed by atoms with Gasteiger partial charge in [-0.15, -0.1) is 0 Å². The molecular formula is C2CuF4. The first-order chi connectivity index (χ1) is 2.94. The van der Waals surface area contributed by atoms with Crippen LogP contribution in [0.2, 0.25) is 0 Å². The Kier molecular flexibility index (Phi) is 1.95. The van der Waals surface area contributed by atoms with Crippen LogP contribution in [0.4, 0.5) is 17.6 Å². The summed E-state index contributed by atoms with van der Waals surface area (Å²) in [5.41, 5.74) is 0. The fraction of sp³-hybridized carbons (Fsp3) is 0.500. The van der Waals surface area contributed by atoms with E-state index in [-0.39, 0.29) is 0 Å². The Balaban J connectivity index is 3.79. The normalized spacial score (nSPS) is 11.7. The van der Waals surface area contributed by atoms with Gasteiger partial charge in [0.15, 0.2) is 0 Å². The molecule has 7 heavy (non-hydrogen) atoms. The molecule has 0 aromatic carbocycles. The van der Waals surface area contributed by atoms with Crippen LogP contribution in [-0.4, -0.2) is 10.8 Å². The molecule has 0 heterocycles. The molecule has 0 aromatic rings. The van der Waals surface area contributed by atoms with Gasteiger partial charge in [0.05, 0.1) is 0 Å². The molecule has 0 aliphatic rings. The zero-order valence-corrected chi connectivity index (χ0v) is 3.76. The van der Waals surface area contributed by atoms with Crippen molar-refractivity contribution in [2.45, 2.75) is 6.18 Å². The maximum absolute atomic E-state index is 10.8. The van der Waals surface area contributed by atoms with Crippen LogP contribution in [0.15, 0.2) is 0 Å². The molecule has 0 saturated carbocycles. The van der Waals surface area contributed by atoms with E-state index in [4.69, 9.17) is 0 Å². The van der Waals surface area contributed by atoms with E-state index in [1.54, 1.807) is 0 Å². The van der Waals surface area contributed by atoms with Crippen molar-refractivity contribution in [2.24, 2.45) is 0 Å². The van der Waals surface area contributed by atoms with Gasteiger partial charge in [-0.2, -0.15) is 0 Å². The molecule has 0 amide bonds. The van der Waals surface area contributed by atoms with Gasteiger partial charge >= 0.3 is 44.0 Å². The Labute approximate surface area is 44.9 Å². The van der Waals surface area contributed by atoms with Crippen LogP contribution in [0, 0.1) is 0 Å². The van der Waals surface area contributed by atoms with Crippen molar-refractivity contribution in [2.75, 3.05) is 0 Å². The van der Waals surface area contributed by atoms with Crippen LogP contribution in [0.25, 0.3) is 0 Å². The summed E-state index contributed by atoms with van der Waals surface area (Å²) in [6.07, 6.45) is -4.94. The molecule has 0 aliphatic heterocycles. The first-order valence-electron chi connectivity index (χ1n) is 1.16. The topological polar surface area (TPSA) is 0 Å². The van der Waals surface area contributed by atoms with Gasteiger partial charge in [-0.05, 0) is 0 Å². The quantitative estimate of drug-likeness (QED) is 0.372. The summed E-state index contributed by atoms with van der Waals surface area (Å²) in [5.74, 6) is 0. The Hall–Kier alpha value is 0.109. The summed E-state index contributed by atoms with van der Waals surface area (Å²) in [7, 11) is 0. The predicted octanol–water partition coefficient (Wildman–Crippen LogP) is 1.19. The minimum atomic E-state index is -4.94. The molecule has 0 spiro atoms. The standard InChI is InChI=1S/C2F4.Cu/c3-1-2(4,5)6;. The van der Waals surface area contributed by atoms with Gasteiger partial charge in [0, 0.05) is 0 Å². The van der Waals surface area contributed by atoms with Gasteiger partial charge in [0.1, 0.15) is 0 Å². The SMILES string of the molecule is F[C](=[Cu])C(F)(F)F. The Morgan fingerprint density at radius 1 is 1.29 bits per heavy atom. The van der Waals surface area contributed by atoms with E-state index in [1.165, 1.54) is 0 Å². The molecule has 0 bridgehead atoms. The molecule has 0 nitrogen and oxygen atoms in total. The summed E-state index contributed by atoms with van der Waals surface area (Å²) in [4.78, 5) is 0. The van der Waals surface area contributed by atoms with Gasteiger partial charge in [-0.3, -0.25) is 0 Å². The summed E-state index contributed by atoms with van der Waals surface area (Å²) in [5, 5.41) is 0. The van der Waals surface area contributed by atoms with Gasteiger partial charge in [-0.25, -0.2) is 0 Å². The molecule has 0 unspecified atom stereocenters. The van der Waals surface area contributed by atoms with Gasteiger partial charge in [0.2, 0.25) is 0 Å². The summed E-state index contributed by atoms with van der Waals surface area (Å²) in [6, 6.07) is 0. The molecule has 5 heteroatoms. The fourth-order valence-corrected chi connectivity index (χ4v) is 0. The zero-order valence-electron chi connectivity index (χ0n) is 2.81. The van der Waals surface area contributed by atoms with Crippen molar-refractivity contribution >= 4 is 4.67 Å². The minimum absolute atomic E-state index is 2.44. The van der Waals surface area contributed by atoms with Crippen LogP contribution in [-0.2, 0) is 15.6 Å². The Bertz CT molecular complexity index is 82.2. The molecule has 0 saturated heterocycles. The molecule has 47 valence electrons. The van der Waals surface area contributed by atoms with Gasteiger partial charge in [0.25, 0.3) is 0 Å². The summed E-state index contributed by atoms with van der Waals surface area (Å²) >= 11 is 3.28. The van der Waals surface area contributed by atoms with Crippen LogP contribution in [0.1, 0.15) is 0 Å². The van der Waals surface area contributed by atoms with Crippen LogP contribution in [0.3, 0.4) is 0 Å². The Morgan fingerprint density at radius 2 is 1.43 bits per heavy atom. The number of hydrogen-bond acceptors (Lipinski definition) is 0. The second-order valence-corrected chi connectivity index (χ2v) is 1.14. The second kappa shape index (κ2) is 1.92. The van der Waals surface area contributed by atoms with Crippen LogP contribution >= 0.6 is 0 Å². The van der Waals surface area contributed by atoms with E-state index in [1.807, 2.05) is 0 Å². The molecule has 0 atom stereocenters. The van der Waals surface area contributed by atoms with Crippen molar-refractivity contribution in [3.8, 4) is 0 Å². The van der Waals surface area contributed by atoms with E-state index in [0.717, 1.165) is 0 Å². The third-order valence-corrected chi connectivity index (χ3v) is 0.460. The maximum atomic E-state index is 10.8. The molecule has 0 fully saturated rings. The predicted molar refractivity (Wildman–Crippen MR) is 12.2 cm³/mol. The first kappa shape index (κ1) is 7.11. The molecule has 0 aliphatic carbocycles. The van der Waals surface area contributed by atoms with Gasteiger partial charge < -0.3 is 0 Å². The van der Waals surface area contributed by atoms with Crippen molar-refractivity contribution in [3.63, 3.8) is 0 Å². The molecule has 0 radical (unpaired) electrons. The molecule has 0 aromatic heterocycles. The van der Waals surface area contributed by atoms with Crippen molar-refractivity contribution in [3.05, 3.63) is 0 Å². The van der Waals surface area contributed by atoms with E-state index >= 15 is 0 Å². The van der Waals surface area contributed by atoms with E-state index < -0.39 is 10.8 Å². The number of rotatable bonds is 0. The van der Waals surface area contributed by atoms with E-state index in [9.17, 15) is 17.6 Å². The fourth-order valence-electron chi connectivity index (χ4n) is 0. The average Bonchev–Trinajstić information content (AvgIpc) is 1.31. The molecular weight excluding hydrogens is 164 g/mol. The van der Waals surface area contributed by atoms with Crippen molar-refractivity contribution < 1.29 is 33.1 Å². The van der Waals surface area contributed by atoms with Crippen LogP contribution < -0.4 is 0 Å². The number of hydrogen-bond donors (Lipinski definition) is 0. The third kappa shape index (κ3) is 2.76. The monoisotopic (exact) mass is 163 g/mol. The average molecular weight is 164 g/mol. The van der Waals surface area contributed by atoms with Gasteiger partial charge in [-0.1, -0.05) is 0 Å².